The lowest BCUT2D eigenvalue weighted by Crippen LogP contribution is -2.64. The first kappa shape index (κ1) is 53.5. The topological polar surface area (TPSA) is 192 Å². The summed E-state index contributed by atoms with van der Waals surface area (Å²) >= 11 is 0. The highest BCUT2D eigenvalue weighted by Gasteiger charge is 2.51. The molecule has 0 aromatic heterocycles. The van der Waals surface area contributed by atoms with Gasteiger partial charge < -0.3 is 39.9 Å². The number of allylic oxidation sites excluding steroid dienone is 14. The molecule has 6 atom stereocenters. The molecule has 0 heterocycles. The summed E-state index contributed by atoms with van der Waals surface area (Å²) in [5, 5.41) is 50.1. The van der Waals surface area contributed by atoms with E-state index < -0.39 is 63.1 Å². The zero-order chi connectivity index (χ0) is 42.7. The molecule has 58 heavy (non-hydrogen) atoms. The number of esters is 1. The number of phosphoric ester groups is 1. The molecule has 0 bridgehead atoms. The second kappa shape index (κ2) is 35.3. The van der Waals surface area contributed by atoms with E-state index in [1.807, 2.05) is 0 Å². The molecule has 1 fully saturated rings. The molecule has 13 heteroatoms. The van der Waals surface area contributed by atoms with Gasteiger partial charge in [0.2, 0.25) is 0 Å². The molecular weight excluding hydrogens is 763 g/mol. The van der Waals surface area contributed by atoms with Crippen molar-refractivity contribution in [3.8, 4) is 0 Å². The largest absolute Gasteiger partial charge is 0.472 e. The third-order valence-corrected chi connectivity index (χ3v) is 10.2. The maximum atomic E-state index is 12.8. The SMILES string of the molecule is CC/C=C\C/C=C\C/C=C\C/C=C\CCCCCCCOCC(COP(=O)(O)OC1C(O)C(O)C(O)C(O)C1O)OC(=O)CCCCC/C=C\C/C=C\C/C=C\CC. The second-order valence-electron chi connectivity index (χ2n) is 14.4. The third kappa shape index (κ3) is 27.3. The van der Waals surface area contributed by atoms with Crippen molar-refractivity contribution in [3.05, 3.63) is 85.1 Å². The molecule has 12 nitrogen and oxygen atoms in total. The zero-order valence-corrected chi connectivity index (χ0v) is 35.9. The van der Waals surface area contributed by atoms with E-state index >= 15 is 0 Å². The minimum absolute atomic E-state index is 0.107. The van der Waals surface area contributed by atoms with Gasteiger partial charge in [0, 0.05) is 13.0 Å². The van der Waals surface area contributed by atoms with E-state index in [2.05, 4.69) is 98.9 Å². The van der Waals surface area contributed by atoms with Crippen molar-refractivity contribution in [1.82, 2.24) is 0 Å². The normalized spacial score (nSPS) is 23.5. The van der Waals surface area contributed by atoms with Crippen molar-refractivity contribution in [3.63, 3.8) is 0 Å². The highest BCUT2D eigenvalue weighted by atomic mass is 31.2. The number of phosphoric acid groups is 1. The fourth-order valence-electron chi connectivity index (χ4n) is 5.89. The monoisotopic (exact) mass is 838 g/mol. The molecule has 0 aromatic carbocycles. The van der Waals surface area contributed by atoms with E-state index in [4.69, 9.17) is 18.5 Å². The molecule has 1 aliphatic carbocycles. The highest BCUT2D eigenvalue weighted by molar-refractivity contribution is 7.47. The first-order valence-corrected chi connectivity index (χ1v) is 22.9. The van der Waals surface area contributed by atoms with Crippen molar-refractivity contribution in [2.75, 3.05) is 19.8 Å². The van der Waals surface area contributed by atoms with E-state index in [1.54, 1.807) is 0 Å². The number of hydrogen-bond donors (Lipinski definition) is 6. The van der Waals surface area contributed by atoms with E-state index in [0.717, 1.165) is 103 Å². The average molecular weight is 839 g/mol. The van der Waals surface area contributed by atoms with E-state index in [1.165, 1.54) is 0 Å². The Hall–Kier alpha value is -2.48. The van der Waals surface area contributed by atoms with Gasteiger partial charge in [-0.25, -0.2) is 4.57 Å². The first-order chi connectivity index (χ1) is 28.0. The first-order valence-electron chi connectivity index (χ1n) is 21.4. The molecular formula is C45H75O12P. The molecule has 0 spiro atoms. The summed E-state index contributed by atoms with van der Waals surface area (Å²) < 4.78 is 34.0. The Morgan fingerprint density at radius 2 is 0.966 bits per heavy atom. The lowest BCUT2D eigenvalue weighted by atomic mass is 9.85. The van der Waals surface area contributed by atoms with Gasteiger partial charge >= 0.3 is 13.8 Å². The minimum Gasteiger partial charge on any atom is -0.457 e. The lowest BCUT2D eigenvalue weighted by molar-refractivity contribution is -0.220. The summed E-state index contributed by atoms with van der Waals surface area (Å²) in [6.07, 6.45) is 33.7. The van der Waals surface area contributed by atoms with Crippen LogP contribution in [0.1, 0.15) is 129 Å². The summed E-state index contributed by atoms with van der Waals surface area (Å²) in [6.45, 7) is 3.92. The second-order valence-corrected chi connectivity index (χ2v) is 15.8. The van der Waals surface area contributed by atoms with Crippen LogP contribution in [-0.4, -0.2) is 98.9 Å². The Morgan fingerprint density at radius 1 is 0.552 bits per heavy atom. The summed E-state index contributed by atoms with van der Waals surface area (Å²) in [5.74, 6) is -0.518. The summed E-state index contributed by atoms with van der Waals surface area (Å²) in [7, 11) is -5.03. The number of carbonyl (C=O) groups is 1. The van der Waals surface area contributed by atoms with E-state index in [0.29, 0.717) is 13.0 Å². The Labute approximate surface area is 348 Å². The van der Waals surface area contributed by atoms with Crippen LogP contribution in [0.25, 0.3) is 0 Å². The maximum absolute atomic E-state index is 12.8. The van der Waals surface area contributed by atoms with Gasteiger partial charge in [0.15, 0.2) is 0 Å². The van der Waals surface area contributed by atoms with Crippen LogP contribution in [0.5, 0.6) is 0 Å². The van der Waals surface area contributed by atoms with Gasteiger partial charge in [-0.2, -0.15) is 0 Å². The quantitative estimate of drug-likeness (QED) is 0.0158. The molecule has 6 unspecified atom stereocenters. The van der Waals surface area contributed by atoms with E-state index in [9.17, 15) is 39.8 Å². The Bertz CT molecular complexity index is 1280. The standard InChI is InChI=1S/C45H75O12P/c1-3-5-7-9-11-13-15-17-18-19-20-21-23-25-27-29-31-33-35-54-36-38(37-55-58(52,53)57-45-43(50)41(48)40(47)42(49)44(45)51)56-39(46)34-32-30-28-26-24-22-16-14-12-10-8-6-4-2/h5-8,11-14,17-18,20-22,24,38,40-45,47-51H,3-4,9-10,15-16,19,23,25-37H2,1-2H3,(H,52,53)/b7-5-,8-6-,13-11-,14-12-,18-17-,21-20-,24-22-. The van der Waals surface area contributed by atoms with E-state index in [-0.39, 0.29) is 13.0 Å². The van der Waals surface area contributed by atoms with Crippen molar-refractivity contribution >= 4 is 13.8 Å². The van der Waals surface area contributed by atoms with Crippen LogP contribution < -0.4 is 0 Å². The Morgan fingerprint density at radius 3 is 1.47 bits per heavy atom. The molecule has 0 amide bonds. The molecule has 1 saturated carbocycles. The highest BCUT2D eigenvalue weighted by Crippen LogP contribution is 2.47. The predicted molar refractivity (Wildman–Crippen MR) is 230 cm³/mol. The van der Waals surface area contributed by atoms with Gasteiger partial charge in [0.1, 0.15) is 42.7 Å². The molecule has 6 N–H and O–H groups in total. The molecule has 0 saturated heterocycles. The number of ether oxygens (including phenoxy) is 2. The number of hydrogen-bond acceptors (Lipinski definition) is 11. The molecule has 0 radical (unpaired) electrons. The summed E-state index contributed by atoms with van der Waals surface area (Å²) in [5.41, 5.74) is 0. The van der Waals surface area contributed by atoms with Crippen molar-refractivity contribution < 1.29 is 58.3 Å². The third-order valence-electron chi connectivity index (χ3n) is 9.26. The number of unbranched alkanes of at least 4 members (excludes halogenated alkanes) is 8. The lowest BCUT2D eigenvalue weighted by Gasteiger charge is -2.41. The van der Waals surface area contributed by atoms with Crippen molar-refractivity contribution in [2.45, 2.75) is 172 Å². The number of rotatable bonds is 34. The number of aliphatic hydroxyl groups is 5. The Kier molecular flexibility index (Phi) is 32.6. The van der Waals surface area contributed by atoms with Gasteiger partial charge in [-0.05, 0) is 83.5 Å². The fraction of sp³-hybridized carbons (Fsp3) is 0.667. The maximum Gasteiger partial charge on any atom is 0.472 e. The van der Waals surface area contributed by atoms with Crippen molar-refractivity contribution in [1.29, 1.82) is 0 Å². The van der Waals surface area contributed by atoms with Gasteiger partial charge in [0.25, 0.3) is 0 Å². The van der Waals surface area contributed by atoms with Crippen LogP contribution in [0.2, 0.25) is 0 Å². The molecule has 0 aliphatic heterocycles. The summed E-state index contributed by atoms with van der Waals surface area (Å²) in [6, 6.07) is 0. The summed E-state index contributed by atoms with van der Waals surface area (Å²) in [4.78, 5) is 23.1. The molecule has 0 aromatic rings. The molecule has 1 aliphatic rings. The predicted octanol–water partition coefficient (Wildman–Crippen LogP) is 8.19. The van der Waals surface area contributed by atoms with Gasteiger partial charge in [-0.1, -0.05) is 125 Å². The van der Waals surface area contributed by atoms with Crippen LogP contribution in [0.3, 0.4) is 0 Å². The smallest absolute Gasteiger partial charge is 0.457 e. The van der Waals surface area contributed by atoms with Gasteiger partial charge in [-0.3, -0.25) is 13.8 Å². The molecule has 332 valence electrons. The van der Waals surface area contributed by atoms with Crippen LogP contribution in [0.15, 0.2) is 85.1 Å². The van der Waals surface area contributed by atoms with Crippen LogP contribution >= 0.6 is 7.82 Å². The van der Waals surface area contributed by atoms with Crippen LogP contribution in [0, 0.1) is 0 Å². The van der Waals surface area contributed by atoms with Gasteiger partial charge in [0.05, 0.1) is 13.2 Å². The number of carbonyl (C=O) groups excluding carboxylic acids is 1. The fourth-order valence-corrected chi connectivity index (χ4v) is 6.86. The Balaban J connectivity index is 2.46. The van der Waals surface area contributed by atoms with Crippen LogP contribution in [-0.2, 0) is 27.9 Å². The molecule has 1 rings (SSSR count). The van der Waals surface area contributed by atoms with Crippen molar-refractivity contribution in [2.24, 2.45) is 0 Å². The average Bonchev–Trinajstić information content (AvgIpc) is 3.21. The van der Waals surface area contributed by atoms with Crippen LogP contribution in [0.4, 0.5) is 0 Å². The van der Waals surface area contributed by atoms with Gasteiger partial charge in [-0.15, -0.1) is 0 Å². The minimum atomic E-state index is -5.03. The number of aliphatic hydroxyl groups excluding tert-OH is 5. The zero-order valence-electron chi connectivity index (χ0n) is 35.1.